The molecule has 0 aliphatic carbocycles. The summed E-state index contributed by atoms with van der Waals surface area (Å²) in [7, 11) is 0. The van der Waals surface area contributed by atoms with Crippen LogP contribution in [0.1, 0.15) is 47.2 Å². The number of ether oxygens (including phenoxy) is 2. The van der Waals surface area contributed by atoms with Gasteiger partial charge < -0.3 is 9.47 Å². The number of benzene rings is 4. The number of carbonyl (C=O) groups excluding carboxylic acids is 2. The molecule has 0 saturated carbocycles. The van der Waals surface area contributed by atoms with E-state index in [-0.39, 0.29) is 11.9 Å². The van der Waals surface area contributed by atoms with Crippen LogP contribution in [0.5, 0.6) is 0 Å². The number of nitrogens with zero attached hydrogens (tertiary/aromatic N) is 6. The second kappa shape index (κ2) is 22.4. The van der Waals surface area contributed by atoms with Gasteiger partial charge in [0, 0.05) is 17.8 Å². The van der Waals surface area contributed by atoms with Crippen molar-refractivity contribution in [3.8, 4) is 12.3 Å². The largest absolute Gasteiger partial charge is 0.461 e. The molecule has 0 unspecified atom stereocenters. The van der Waals surface area contributed by atoms with Crippen molar-refractivity contribution in [2.24, 2.45) is 5.11 Å². The molecule has 0 bridgehead atoms. The minimum atomic E-state index is -0.244. The highest BCUT2D eigenvalue weighted by Crippen LogP contribution is 2.08. The third kappa shape index (κ3) is 15.2. The Balaban J connectivity index is 0.000000220. The van der Waals surface area contributed by atoms with Crippen molar-refractivity contribution in [3.63, 3.8) is 0 Å². The van der Waals surface area contributed by atoms with E-state index in [1.165, 1.54) is 0 Å². The lowest BCUT2D eigenvalue weighted by molar-refractivity contribution is -0.145. The van der Waals surface area contributed by atoms with Gasteiger partial charge in [-0.25, -0.2) is 4.68 Å². The molecular weight excluding hydrogens is 604 g/mol. The predicted molar refractivity (Wildman–Crippen MR) is 184 cm³/mol. The summed E-state index contributed by atoms with van der Waals surface area (Å²) in [6.45, 7) is 1.72. The fraction of sp³-hybridized carbons (Fsp3) is 0.211. The lowest BCUT2D eigenvalue weighted by atomic mass is 10.2. The van der Waals surface area contributed by atoms with Crippen molar-refractivity contribution in [1.82, 2.24) is 15.0 Å². The monoisotopic (exact) mass is 642 g/mol. The van der Waals surface area contributed by atoms with Gasteiger partial charge in [-0.2, -0.15) is 0 Å². The van der Waals surface area contributed by atoms with Gasteiger partial charge in [-0.15, -0.1) is 17.4 Å². The maximum absolute atomic E-state index is 11.9. The first-order valence-electron chi connectivity index (χ1n) is 15.4. The molecule has 0 fully saturated rings. The van der Waals surface area contributed by atoms with Crippen LogP contribution in [0.4, 0.5) is 0 Å². The Morgan fingerprint density at radius 3 is 1.71 bits per heavy atom. The van der Waals surface area contributed by atoms with E-state index in [1.54, 1.807) is 6.20 Å². The van der Waals surface area contributed by atoms with E-state index in [2.05, 4.69) is 26.3 Å². The zero-order valence-corrected chi connectivity index (χ0v) is 26.7. The summed E-state index contributed by atoms with van der Waals surface area (Å²) in [5, 5.41) is 11.5. The predicted octanol–water partition coefficient (Wildman–Crippen LogP) is 7.64. The van der Waals surface area contributed by atoms with Crippen LogP contribution in [0.2, 0.25) is 0 Å². The molecule has 0 spiro atoms. The fourth-order valence-electron chi connectivity index (χ4n) is 4.08. The third-order valence-corrected chi connectivity index (χ3v) is 6.58. The van der Waals surface area contributed by atoms with Gasteiger partial charge in [-0.1, -0.05) is 132 Å². The summed E-state index contributed by atoms with van der Waals surface area (Å²) in [4.78, 5) is 25.6. The van der Waals surface area contributed by atoms with Gasteiger partial charge in [-0.3, -0.25) is 9.59 Å². The Morgan fingerprint density at radius 2 is 1.21 bits per heavy atom. The number of rotatable bonds is 13. The molecule has 1 heterocycles. The second-order valence-corrected chi connectivity index (χ2v) is 10.2. The van der Waals surface area contributed by atoms with E-state index in [9.17, 15) is 9.59 Å². The second-order valence-electron chi connectivity index (χ2n) is 10.2. The van der Waals surface area contributed by atoms with Crippen LogP contribution in [-0.2, 0) is 51.8 Å². The summed E-state index contributed by atoms with van der Waals surface area (Å²) in [6, 6.07) is 38.9. The van der Waals surface area contributed by atoms with Gasteiger partial charge in [0.1, 0.15) is 13.2 Å². The molecule has 5 rings (SSSR count). The number of aryl methyl sites for hydroxylation is 1. The van der Waals surface area contributed by atoms with Crippen LogP contribution in [0.3, 0.4) is 0 Å². The fourth-order valence-corrected chi connectivity index (χ4v) is 4.08. The highest BCUT2D eigenvalue weighted by atomic mass is 16.5. The Bertz CT molecular complexity index is 1720. The highest BCUT2D eigenvalue weighted by Gasteiger charge is 2.09. The van der Waals surface area contributed by atoms with E-state index in [1.807, 2.05) is 126 Å². The van der Waals surface area contributed by atoms with Crippen molar-refractivity contribution in [1.29, 1.82) is 0 Å². The Morgan fingerprint density at radius 1 is 0.729 bits per heavy atom. The number of hydrogen-bond donors (Lipinski definition) is 0. The highest BCUT2D eigenvalue weighted by molar-refractivity contribution is 5.70. The molecule has 0 atom stereocenters. The lowest BCUT2D eigenvalue weighted by Gasteiger charge is -2.07. The molecule has 0 amide bonds. The molecule has 0 N–H and O–H groups in total. The standard InChI is InChI=1S/C19H19N3O2.C12H12O2.C7H7N3/c23-19(24-15-17-9-5-2-6-10-17)12-11-18-13-20-21-22(18)14-16-7-3-1-4-8-16;1-2-3-9-12(13)14-10-11-7-5-4-6-8-11;8-10-9-6-7-4-2-1-3-5-7/h1-10,13H,11-12,14-15H2;1,4-8H,3,9-10H2;1-5H,6H2. The number of carbonyl (C=O) groups is 2. The molecular formula is C38H38N6O4. The number of aromatic nitrogens is 3. The topological polar surface area (TPSA) is 132 Å². The van der Waals surface area contributed by atoms with Gasteiger partial charge in [0.25, 0.3) is 0 Å². The zero-order chi connectivity index (χ0) is 34.1. The van der Waals surface area contributed by atoms with Crippen molar-refractivity contribution < 1.29 is 19.1 Å². The smallest absolute Gasteiger partial charge is 0.307 e. The molecule has 0 radical (unpaired) electrons. The van der Waals surface area contributed by atoms with Crippen molar-refractivity contribution in [3.05, 3.63) is 166 Å². The quantitative estimate of drug-likeness (QED) is 0.0426. The van der Waals surface area contributed by atoms with Gasteiger partial charge in [0.2, 0.25) is 0 Å². The van der Waals surface area contributed by atoms with Crippen LogP contribution in [-0.4, -0.2) is 26.9 Å². The molecule has 0 aliphatic heterocycles. The maximum atomic E-state index is 11.9. The summed E-state index contributed by atoms with van der Waals surface area (Å²) in [5.74, 6) is 1.94. The molecule has 1 aromatic heterocycles. The van der Waals surface area contributed by atoms with E-state index >= 15 is 0 Å². The number of hydrogen-bond acceptors (Lipinski definition) is 7. The average molecular weight is 643 g/mol. The van der Waals surface area contributed by atoms with Crippen LogP contribution in [0, 0.1) is 12.3 Å². The number of azide groups is 1. The summed E-state index contributed by atoms with van der Waals surface area (Å²) in [6.07, 6.45) is 8.34. The van der Waals surface area contributed by atoms with Gasteiger partial charge in [0.15, 0.2) is 0 Å². The average Bonchev–Trinajstić information content (AvgIpc) is 3.59. The van der Waals surface area contributed by atoms with Crippen molar-refractivity contribution in [2.45, 2.75) is 52.0 Å². The minimum absolute atomic E-state index is 0.216. The van der Waals surface area contributed by atoms with Crippen LogP contribution in [0.25, 0.3) is 10.4 Å². The van der Waals surface area contributed by atoms with Crippen LogP contribution >= 0.6 is 0 Å². The van der Waals surface area contributed by atoms with E-state index in [0.29, 0.717) is 52.0 Å². The first-order valence-corrected chi connectivity index (χ1v) is 15.4. The SMILES string of the molecule is C#CCCC(=O)OCc1ccccc1.O=C(CCc1cnnn1Cc1ccccc1)OCc1ccccc1.[N-]=[N+]=NCc1ccccc1. The summed E-state index contributed by atoms with van der Waals surface area (Å²) < 4.78 is 12.1. The Labute approximate surface area is 281 Å². The normalized spacial score (nSPS) is 9.65. The van der Waals surface area contributed by atoms with E-state index < -0.39 is 0 Å². The molecule has 10 heteroatoms. The Kier molecular flexibility index (Phi) is 16.9. The first kappa shape index (κ1) is 36.3. The van der Waals surface area contributed by atoms with Crippen LogP contribution < -0.4 is 0 Å². The molecule has 10 nitrogen and oxygen atoms in total. The number of terminal acetylenes is 1. The molecule has 244 valence electrons. The minimum Gasteiger partial charge on any atom is -0.461 e. The number of esters is 2. The Hall–Kier alpha value is -6.17. The van der Waals surface area contributed by atoms with Crippen molar-refractivity contribution >= 4 is 11.9 Å². The van der Waals surface area contributed by atoms with Gasteiger partial charge >= 0.3 is 11.9 Å². The maximum Gasteiger partial charge on any atom is 0.307 e. The van der Waals surface area contributed by atoms with E-state index in [4.69, 9.17) is 21.4 Å². The molecule has 4 aromatic carbocycles. The summed E-state index contributed by atoms with van der Waals surface area (Å²) >= 11 is 0. The van der Waals surface area contributed by atoms with Gasteiger partial charge in [-0.05, 0) is 27.8 Å². The molecule has 0 saturated heterocycles. The first-order chi connectivity index (χ1) is 23.6. The van der Waals surface area contributed by atoms with Crippen molar-refractivity contribution in [2.75, 3.05) is 0 Å². The third-order valence-electron chi connectivity index (χ3n) is 6.58. The van der Waals surface area contributed by atoms with E-state index in [0.717, 1.165) is 27.9 Å². The zero-order valence-electron chi connectivity index (χ0n) is 26.7. The lowest BCUT2D eigenvalue weighted by Crippen LogP contribution is -2.10. The molecule has 5 aromatic rings. The molecule has 48 heavy (non-hydrogen) atoms. The van der Waals surface area contributed by atoms with Crippen LogP contribution in [0.15, 0.2) is 133 Å². The van der Waals surface area contributed by atoms with Gasteiger partial charge in [0.05, 0.1) is 37.8 Å². The summed E-state index contributed by atoms with van der Waals surface area (Å²) in [5.41, 5.74) is 13.1. The molecule has 0 aliphatic rings.